The Balaban J connectivity index is 1.43. The molecule has 0 bridgehead atoms. The molecular formula is C21H25N3O2. The van der Waals surface area contributed by atoms with Crippen molar-refractivity contribution in [3.63, 3.8) is 0 Å². The van der Waals surface area contributed by atoms with E-state index in [1.807, 2.05) is 11.0 Å². The van der Waals surface area contributed by atoms with E-state index in [2.05, 4.69) is 35.3 Å². The number of carbonyl (C=O) groups excluding carboxylic acids is 2. The van der Waals surface area contributed by atoms with Gasteiger partial charge in [0.25, 0.3) is 5.91 Å². The van der Waals surface area contributed by atoms with Crippen LogP contribution < -0.4 is 5.73 Å². The summed E-state index contributed by atoms with van der Waals surface area (Å²) in [5.74, 6) is -0.267. The van der Waals surface area contributed by atoms with E-state index in [9.17, 15) is 9.59 Å². The highest BCUT2D eigenvalue weighted by atomic mass is 16.2. The number of fused-ring (bicyclic) bond motifs is 1. The van der Waals surface area contributed by atoms with E-state index in [-0.39, 0.29) is 17.7 Å². The highest BCUT2D eigenvalue weighted by Crippen LogP contribution is 2.24. The number of piperidine rings is 1. The van der Waals surface area contributed by atoms with E-state index in [0.717, 1.165) is 31.5 Å². The van der Waals surface area contributed by atoms with Crippen LogP contribution in [0.1, 0.15) is 34.3 Å². The lowest BCUT2D eigenvalue weighted by Crippen LogP contribution is -2.41. The Kier molecular flexibility index (Phi) is 4.53. The van der Waals surface area contributed by atoms with Crippen molar-refractivity contribution in [2.75, 3.05) is 26.2 Å². The summed E-state index contributed by atoms with van der Waals surface area (Å²) in [5.41, 5.74) is 10.1. The third-order valence-electron chi connectivity index (χ3n) is 5.84. The molecule has 0 aromatic heterocycles. The smallest absolute Gasteiger partial charge is 0.253 e. The first-order chi connectivity index (χ1) is 12.6. The summed E-state index contributed by atoms with van der Waals surface area (Å²) in [4.78, 5) is 28.4. The first-order valence-electron chi connectivity index (χ1n) is 9.45. The summed E-state index contributed by atoms with van der Waals surface area (Å²) in [6, 6.07) is 6.15. The van der Waals surface area contributed by atoms with Crippen LogP contribution in [0, 0.1) is 5.92 Å². The molecule has 26 heavy (non-hydrogen) atoms. The Labute approximate surface area is 154 Å². The molecule has 0 spiro atoms. The zero-order valence-corrected chi connectivity index (χ0v) is 15.0. The fraction of sp³-hybridized carbons (Fsp3) is 0.429. The zero-order chi connectivity index (χ0) is 18.1. The Hall–Kier alpha value is -2.56. The van der Waals surface area contributed by atoms with Crippen LogP contribution in [0.5, 0.6) is 0 Å². The third-order valence-corrected chi connectivity index (χ3v) is 5.84. The molecule has 1 fully saturated rings. The molecule has 1 aromatic carbocycles. The molecule has 2 heterocycles. The molecule has 0 radical (unpaired) electrons. The SMILES string of the molecule is NC(=O)C1CCN(C(=O)c2ccc3c(c2)CCN(C2=CC=C2)CC3)CC1. The molecule has 0 saturated carbocycles. The number of carbonyl (C=O) groups is 2. The van der Waals surface area contributed by atoms with Crippen LogP contribution in [0.3, 0.4) is 0 Å². The maximum absolute atomic E-state index is 12.9. The van der Waals surface area contributed by atoms with E-state index in [4.69, 9.17) is 5.73 Å². The lowest BCUT2D eigenvalue weighted by Gasteiger charge is -2.30. The van der Waals surface area contributed by atoms with Crippen molar-refractivity contribution >= 4 is 11.8 Å². The predicted molar refractivity (Wildman–Crippen MR) is 100 cm³/mol. The van der Waals surface area contributed by atoms with Gasteiger partial charge in [0.1, 0.15) is 0 Å². The Morgan fingerprint density at radius 3 is 2.31 bits per heavy atom. The summed E-state index contributed by atoms with van der Waals surface area (Å²) < 4.78 is 0. The van der Waals surface area contributed by atoms with E-state index in [1.165, 1.54) is 16.8 Å². The van der Waals surface area contributed by atoms with Crippen molar-refractivity contribution in [1.82, 2.24) is 9.80 Å². The summed E-state index contributed by atoms with van der Waals surface area (Å²) in [5, 5.41) is 0. The minimum atomic E-state index is -0.247. The Morgan fingerprint density at radius 2 is 1.69 bits per heavy atom. The van der Waals surface area contributed by atoms with Gasteiger partial charge in [0.05, 0.1) is 0 Å². The fourth-order valence-corrected chi connectivity index (χ4v) is 4.06. The number of hydrogen-bond acceptors (Lipinski definition) is 3. The maximum atomic E-state index is 12.9. The normalized spacial score (nSPS) is 20.1. The van der Waals surface area contributed by atoms with Gasteiger partial charge >= 0.3 is 0 Å². The second-order valence-electron chi connectivity index (χ2n) is 7.39. The molecule has 0 atom stereocenters. The van der Waals surface area contributed by atoms with Crippen molar-refractivity contribution < 1.29 is 9.59 Å². The molecule has 3 aliphatic rings. The van der Waals surface area contributed by atoms with Gasteiger partial charge in [0, 0.05) is 43.4 Å². The number of rotatable bonds is 3. The van der Waals surface area contributed by atoms with Crippen molar-refractivity contribution in [2.24, 2.45) is 11.7 Å². The van der Waals surface area contributed by atoms with Crippen LogP contribution in [0.2, 0.25) is 0 Å². The van der Waals surface area contributed by atoms with E-state index in [0.29, 0.717) is 25.9 Å². The molecular weight excluding hydrogens is 326 g/mol. The number of amides is 2. The quantitative estimate of drug-likeness (QED) is 0.904. The average molecular weight is 351 g/mol. The second kappa shape index (κ2) is 6.98. The monoisotopic (exact) mass is 351 g/mol. The van der Waals surface area contributed by atoms with Crippen molar-refractivity contribution in [2.45, 2.75) is 25.7 Å². The molecule has 4 rings (SSSR count). The predicted octanol–water partition coefficient (Wildman–Crippen LogP) is 1.88. The van der Waals surface area contributed by atoms with E-state index >= 15 is 0 Å². The number of likely N-dealkylation sites (tertiary alicyclic amines) is 1. The number of benzene rings is 1. The van der Waals surface area contributed by atoms with Crippen LogP contribution >= 0.6 is 0 Å². The maximum Gasteiger partial charge on any atom is 0.253 e. The van der Waals surface area contributed by atoms with Gasteiger partial charge in [-0.25, -0.2) is 0 Å². The average Bonchev–Trinajstić information content (AvgIpc) is 2.82. The van der Waals surface area contributed by atoms with Gasteiger partial charge in [-0.05, 0) is 61.1 Å². The van der Waals surface area contributed by atoms with Crippen LogP contribution in [-0.4, -0.2) is 47.8 Å². The minimum Gasteiger partial charge on any atom is -0.371 e. The third kappa shape index (κ3) is 3.26. The van der Waals surface area contributed by atoms with Gasteiger partial charge < -0.3 is 15.5 Å². The Morgan fingerprint density at radius 1 is 1.00 bits per heavy atom. The minimum absolute atomic E-state index is 0.0708. The first-order valence-corrected chi connectivity index (χ1v) is 9.45. The highest BCUT2D eigenvalue weighted by molar-refractivity contribution is 5.94. The summed E-state index contributed by atoms with van der Waals surface area (Å²) in [7, 11) is 0. The number of nitrogens with two attached hydrogens (primary N) is 1. The summed E-state index contributed by atoms with van der Waals surface area (Å²) >= 11 is 0. The molecule has 1 saturated heterocycles. The topological polar surface area (TPSA) is 66.6 Å². The standard InChI is InChI=1S/C21H25N3O2/c22-20(25)16-7-12-24(13-8-16)21(26)18-5-4-15-6-10-23(19-2-1-3-19)11-9-17(15)14-18/h1-5,14,16H,6-13H2,(H2,22,25). The highest BCUT2D eigenvalue weighted by Gasteiger charge is 2.27. The molecule has 5 nitrogen and oxygen atoms in total. The van der Waals surface area contributed by atoms with Crippen LogP contribution in [-0.2, 0) is 17.6 Å². The van der Waals surface area contributed by atoms with Gasteiger partial charge in [-0.1, -0.05) is 12.1 Å². The number of primary amides is 1. The van der Waals surface area contributed by atoms with Gasteiger partial charge in [-0.2, -0.15) is 0 Å². The first kappa shape index (κ1) is 16.9. The zero-order valence-electron chi connectivity index (χ0n) is 15.0. The van der Waals surface area contributed by atoms with Crippen molar-refractivity contribution in [3.05, 3.63) is 58.8 Å². The second-order valence-corrected chi connectivity index (χ2v) is 7.39. The van der Waals surface area contributed by atoms with Gasteiger partial charge in [0.2, 0.25) is 5.91 Å². The van der Waals surface area contributed by atoms with Crippen molar-refractivity contribution in [1.29, 1.82) is 0 Å². The van der Waals surface area contributed by atoms with Gasteiger partial charge in [0.15, 0.2) is 0 Å². The molecule has 1 aliphatic carbocycles. The molecule has 0 unspecified atom stereocenters. The largest absolute Gasteiger partial charge is 0.371 e. The van der Waals surface area contributed by atoms with E-state index in [1.54, 1.807) is 0 Å². The van der Waals surface area contributed by atoms with Crippen LogP contribution in [0.25, 0.3) is 0 Å². The van der Waals surface area contributed by atoms with Crippen LogP contribution in [0.15, 0.2) is 42.1 Å². The molecule has 5 heteroatoms. The number of nitrogens with zero attached hydrogens (tertiary/aromatic N) is 2. The van der Waals surface area contributed by atoms with E-state index < -0.39 is 0 Å². The lowest BCUT2D eigenvalue weighted by molar-refractivity contribution is -0.123. The number of allylic oxidation sites excluding steroid dienone is 3. The van der Waals surface area contributed by atoms with Crippen molar-refractivity contribution in [3.8, 4) is 0 Å². The molecule has 2 N–H and O–H groups in total. The lowest BCUT2D eigenvalue weighted by atomic mass is 9.95. The van der Waals surface area contributed by atoms with Gasteiger partial charge in [-0.15, -0.1) is 0 Å². The molecule has 2 amide bonds. The number of hydrogen-bond donors (Lipinski definition) is 1. The molecule has 2 aliphatic heterocycles. The van der Waals surface area contributed by atoms with Crippen LogP contribution in [0.4, 0.5) is 0 Å². The van der Waals surface area contributed by atoms with Gasteiger partial charge in [-0.3, -0.25) is 9.59 Å². The fourth-order valence-electron chi connectivity index (χ4n) is 4.06. The summed E-state index contributed by atoms with van der Waals surface area (Å²) in [6.45, 7) is 3.23. The Bertz CT molecular complexity index is 788. The molecule has 136 valence electrons. The molecule has 1 aromatic rings. The summed E-state index contributed by atoms with van der Waals surface area (Å²) in [6.07, 6.45) is 9.70.